The summed E-state index contributed by atoms with van der Waals surface area (Å²) in [4.78, 5) is 36.9. The average molecular weight is 297 g/mol. The van der Waals surface area contributed by atoms with E-state index in [1.165, 1.54) is 6.92 Å². The summed E-state index contributed by atoms with van der Waals surface area (Å²) >= 11 is 0. The normalized spacial score (nSPS) is 13.4. The second kappa shape index (κ2) is 6.40. The summed E-state index contributed by atoms with van der Waals surface area (Å²) < 4.78 is 4.96. The third kappa shape index (κ3) is 3.82. The molecule has 0 saturated carbocycles. The highest BCUT2D eigenvalue weighted by Gasteiger charge is 2.25. The first-order chi connectivity index (χ1) is 9.65. The first-order valence-corrected chi connectivity index (χ1v) is 6.33. The van der Waals surface area contributed by atoms with Gasteiger partial charge in [0.25, 0.3) is 5.91 Å². The van der Waals surface area contributed by atoms with Crippen molar-refractivity contribution >= 4 is 17.9 Å². The van der Waals surface area contributed by atoms with Crippen molar-refractivity contribution < 1.29 is 24.2 Å². The molecule has 0 aliphatic rings. The average Bonchev–Trinajstić information content (AvgIpc) is 2.63. The van der Waals surface area contributed by atoms with E-state index in [1.807, 2.05) is 5.32 Å². The van der Waals surface area contributed by atoms with Crippen molar-refractivity contribution in [3.63, 3.8) is 0 Å². The molecule has 3 amide bonds. The quantitative estimate of drug-likeness (QED) is 0.597. The Bertz CT molecular complexity index is 577. The number of aromatic amines is 1. The summed E-state index contributed by atoms with van der Waals surface area (Å²) in [6, 6.07) is -1.02. The molecule has 2 atom stereocenters. The smallest absolute Gasteiger partial charge is 0.355 e. The number of rotatable bonds is 4. The van der Waals surface area contributed by atoms with E-state index in [2.05, 4.69) is 4.98 Å². The van der Waals surface area contributed by atoms with Crippen molar-refractivity contribution in [2.24, 2.45) is 5.73 Å². The Morgan fingerprint density at radius 2 is 1.86 bits per heavy atom. The zero-order valence-corrected chi connectivity index (χ0v) is 12.3. The Balaban J connectivity index is 2.88. The van der Waals surface area contributed by atoms with Gasteiger partial charge >= 0.3 is 12.0 Å². The van der Waals surface area contributed by atoms with Gasteiger partial charge in [-0.25, -0.2) is 9.59 Å². The Hall–Kier alpha value is -2.35. The van der Waals surface area contributed by atoms with Crippen LogP contribution in [0.4, 0.5) is 4.79 Å². The number of amides is 3. The van der Waals surface area contributed by atoms with E-state index in [-0.39, 0.29) is 5.69 Å². The van der Waals surface area contributed by atoms with Crippen LogP contribution in [0, 0.1) is 13.8 Å². The zero-order chi connectivity index (χ0) is 16.3. The summed E-state index contributed by atoms with van der Waals surface area (Å²) in [7, 11) is 0. The summed E-state index contributed by atoms with van der Waals surface area (Å²) in [5.74, 6) is -1.57. The van der Waals surface area contributed by atoms with Gasteiger partial charge in [0.2, 0.25) is 0 Å². The molecule has 0 bridgehead atoms. The van der Waals surface area contributed by atoms with Gasteiger partial charge in [-0.2, -0.15) is 0 Å². The highest BCUT2D eigenvalue weighted by Crippen LogP contribution is 2.25. The lowest BCUT2D eigenvalue weighted by Crippen LogP contribution is -2.42. The molecule has 116 valence electrons. The highest BCUT2D eigenvalue weighted by molar-refractivity contribution is 5.98. The maximum absolute atomic E-state index is 12.0. The monoisotopic (exact) mass is 297 g/mol. The van der Waals surface area contributed by atoms with Crippen molar-refractivity contribution in [2.75, 3.05) is 0 Å². The number of aliphatic hydroxyl groups excluding tert-OH is 1. The number of aromatic nitrogens is 1. The minimum Gasteiger partial charge on any atom is -0.448 e. The van der Waals surface area contributed by atoms with Crippen LogP contribution in [-0.4, -0.2) is 34.1 Å². The number of ether oxygens (including phenoxy) is 1. The number of esters is 1. The number of H-pyrrole nitrogens is 1. The molecule has 0 aliphatic heterocycles. The van der Waals surface area contributed by atoms with Gasteiger partial charge in [-0.05, 0) is 33.3 Å². The van der Waals surface area contributed by atoms with Gasteiger partial charge in [-0.1, -0.05) is 0 Å². The van der Waals surface area contributed by atoms with Crippen LogP contribution in [0.15, 0.2) is 0 Å². The fourth-order valence-electron chi connectivity index (χ4n) is 2.09. The van der Waals surface area contributed by atoms with E-state index >= 15 is 0 Å². The standard InChI is InChI=1S/C13H19N3O5/c1-5-9(7(3)17)6(2)15-10(5)12(19)21-8(4)11(18)16-13(14)20/h7-8,15,17H,1-4H3,(H3,14,16,18,20)/t7-,8-/m1/s1. The molecular formula is C13H19N3O5. The lowest BCUT2D eigenvalue weighted by atomic mass is 10.1. The number of carbonyl (C=O) groups excluding carboxylic acids is 3. The fraction of sp³-hybridized carbons (Fsp3) is 0.462. The van der Waals surface area contributed by atoms with E-state index in [4.69, 9.17) is 10.5 Å². The van der Waals surface area contributed by atoms with Gasteiger partial charge in [-0.3, -0.25) is 10.1 Å². The number of hydrogen-bond donors (Lipinski definition) is 4. The third-order valence-electron chi connectivity index (χ3n) is 3.02. The van der Waals surface area contributed by atoms with Gasteiger partial charge in [0.1, 0.15) is 5.69 Å². The van der Waals surface area contributed by atoms with E-state index in [1.54, 1.807) is 20.8 Å². The van der Waals surface area contributed by atoms with Crippen LogP contribution in [-0.2, 0) is 9.53 Å². The third-order valence-corrected chi connectivity index (χ3v) is 3.02. The maximum atomic E-state index is 12.0. The number of aliphatic hydroxyl groups is 1. The van der Waals surface area contributed by atoms with Crippen molar-refractivity contribution in [3.8, 4) is 0 Å². The predicted molar refractivity (Wildman–Crippen MR) is 73.5 cm³/mol. The number of urea groups is 1. The zero-order valence-electron chi connectivity index (χ0n) is 12.3. The number of aryl methyl sites for hydroxylation is 1. The molecule has 0 spiro atoms. The van der Waals surface area contributed by atoms with E-state index in [0.29, 0.717) is 16.8 Å². The molecule has 0 aromatic carbocycles. The van der Waals surface area contributed by atoms with Crippen LogP contribution < -0.4 is 11.1 Å². The van der Waals surface area contributed by atoms with Gasteiger partial charge in [0, 0.05) is 11.3 Å². The topological polar surface area (TPSA) is 135 Å². The molecule has 1 rings (SSSR count). The SMILES string of the molecule is Cc1[nH]c(C(=O)O[C@H](C)C(=O)NC(N)=O)c(C)c1[C@@H](C)O. The molecule has 0 saturated heterocycles. The van der Waals surface area contributed by atoms with Crippen molar-refractivity contribution in [2.45, 2.75) is 39.9 Å². The lowest BCUT2D eigenvalue weighted by molar-refractivity contribution is -0.127. The highest BCUT2D eigenvalue weighted by atomic mass is 16.5. The molecule has 1 aromatic heterocycles. The molecule has 21 heavy (non-hydrogen) atoms. The summed E-state index contributed by atoms with van der Waals surface area (Å²) in [5.41, 5.74) is 6.76. The largest absolute Gasteiger partial charge is 0.448 e. The van der Waals surface area contributed by atoms with Crippen molar-refractivity contribution in [1.29, 1.82) is 0 Å². The first-order valence-electron chi connectivity index (χ1n) is 6.33. The number of nitrogens with one attached hydrogen (secondary N) is 2. The van der Waals surface area contributed by atoms with Crippen LogP contribution >= 0.6 is 0 Å². The van der Waals surface area contributed by atoms with Gasteiger partial charge in [0.05, 0.1) is 6.10 Å². The molecule has 0 aliphatic carbocycles. The Kier molecular flexibility index (Phi) is 5.09. The number of hydrogen-bond acceptors (Lipinski definition) is 5. The number of nitrogens with two attached hydrogens (primary N) is 1. The van der Waals surface area contributed by atoms with Gasteiger partial charge in [0.15, 0.2) is 6.10 Å². The second-order valence-electron chi connectivity index (χ2n) is 4.74. The first kappa shape index (κ1) is 16.7. The van der Waals surface area contributed by atoms with Gasteiger partial charge in [-0.15, -0.1) is 0 Å². The second-order valence-corrected chi connectivity index (χ2v) is 4.74. The van der Waals surface area contributed by atoms with Gasteiger partial charge < -0.3 is 20.6 Å². The molecule has 1 aromatic rings. The molecule has 8 heteroatoms. The molecular weight excluding hydrogens is 278 g/mol. The van der Waals surface area contributed by atoms with E-state index in [9.17, 15) is 19.5 Å². The number of imide groups is 1. The Morgan fingerprint density at radius 3 is 2.29 bits per heavy atom. The van der Waals surface area contributed by atoms with E-state index in [0.717, 1.165) is 0 Å². The molecule has 5 N–H and O–H groups in total. The summed E-state index contributed by atoms with van der Waals surface area (Å²) in [6.45, 7) is 6.28. The van der Waals surface area contributed by atoms with Crippen LogP contribution in [0.5, 0.6) is 0 Å². The molecule has 0 fully saturated rings. The van der Waals surface area contributed by atoms with E-state index < -0.39 is 30.1 Å². The van der Waals surface area contributed by atoms with Crippen LogP contribution in [0.2, 0.25) is 0 Å². The maximum Gasteiger partial charge on any atom is 0.355 e. The Labute approximate surface area is 121 Å². The minimum atomic E-state index is -1.18. The van der Waals surface area contributed by atoms with Crippen molar-refractivity contribution in [1.82, 2.24) is 10.3 Å². The predicted octanol–water partition coefficient (Wildman–Crippen LogP) is 0.425. The fourth-order valence-corrected chi connectivity index (χ4v) is 2.09. The number of carbonyl (C=O) groups is 3. The summed E-state index contributed by atoms with van der Waals surface area (Å²) in [6.07, 6.45) is -1.92. The van der Waals surface area contributed by atoms with Crippen LogP contribution in [0.3, 0.4) is 0 Å². The molecule has 1 heterocycles. The number of primary amides is 1. The van der Waals surface area contributed by atoms with Crippen LogP contribution in [0.25, 0.3) is 0 Å². The molecule has 8 nitrogen and oxygen atoms in total. The lowest BCUT2D eigenvalue weighted by Gasteiger charge is -2.12. The van der Waals surface area contributed by atoms with Crippen molar-refractivity contribution in [3.05, 3.63) is 22.5 Å². The minimum absolute atomic E-state index is 0.155. The van der Waals surface area contributed by atoms with Crippen LogP contribution in [0.1, 0.15) is 47.3 Å². The Morgan fingerprint density at radius 1 is 1.29 bits per heavy atom. The molecule has 0 radical (unpaired) electrons. The summed E-state index contributed by atoms with van der Waals surface area (Å²) in [5, 5.41) is 11.5. The molecule has 0 unspecified atom stereocenters.